The van der Waals surface area contributed by atoms with Gasteiger partial charge in [0, 0.05) is 16.1 Å². The number of hydrogen-bond donors (Lipinski definition) is 1. The Morgan fingerprint density at radius 3 is 2.66 bits per heavy atom. The molecule has 35 heavy (non-hydrogen) atoms. The molecule has 2 aliphatic rings. The largest absolute Gasteiger partial charge is 0.506 e. The first-order valence-electron chi connectivity index (χ1n) is 11.0. The van der Waals surface area contributed by atoms with Crippen molar-refractivity contribution < 1.29 is 9.50 Å². The van der Waals surface area contributed by atoms with Gasteiger partial charge < -0.3 is 5.11 Å². The highest BCUT2D eigenvalue weighted by Crippen LogP contribution is 2.41. The zero-order chi connectivity index (χ0) is 24.3. The third-order valence-corrected chi connectivity index (χ3v) is 7.89. The summed E-state index contributed by atoms with van der Waals surface area (Å²) in [6, 6.07) is 17.0. The Kier molecular flexibility index (Phi) is 5.40. The van der Waals surface area contributed by atoms with Crippen LogP contribution < -0.4 is 14.9 Å². The van der Waals surface area contributed by atoms with Crippen LogP contribution in [0.2, 0.25) is 10.0 Å². The van der Waals surface area contributed by atoms with Crippen molar-refractivity contribution in [2.45, 2.75) is 18.9 Å². The lowest BCUT2D eigenvalue weighted by Gasteiger charge is -2.30. The number of allylic oxidation sites excluding steroid dienone is 1. The number of phenols is 1. The molecule has 174 valence electrons. The molecular formula is C27H17Cl2FN2O2S. The molecule has 1 N–H and O–H groups in total. The van der Waals surface area contributed by atoms with Crippen molar-refractivity contribution in [3.8, 4) is 5.75 Å². The van der Waals surface area contributed by atoms with Gasteiger partial charge in [0.15, 0.2) is 4.80 Å². The lowest BCUT2D eigenvalue weighted by atomic mass is 9.83. The van der Waals surface area contributed by atoms with Crippen molar-refractivity contribution >= 4 is 46.3 Å². The van der Waals surface area contributed by atoms with E-state index in [9.17, 15) is 14.3 Å². The number of halogens is 3. The molecule has 0 unspecified atom stereocenters. The molecule has 8 heteroatoms. The van der Waals surface area contributed by atoms with Gasteiger partial charge in [-0.25, -0.2) is 9.38 Å². The number of nitrogens with zero attached hydrogens (tertiary/aromatic N) is 2. The quantitative estimate of drug-likeness (QED) is 0.379. The summed E-state index contributed by atoms with van der Waals surface area (Å²) in [7, 11) is 0. The minimum atomic E-state index is -0.408. The number of aromatic hydroxyl groups is 1. The molecule has 0 spiro atoms. The van der Waals surface area contributed by atoms with Gasteiger partial charge in [-0.15, -0.1) is 0 Å². The van der Waals surface area contributed by atoms with Crippen LogP contribution in [0.1, 0.15) is 34.7 Å². The number of aromatic nitrogens is 1. The van der Waals surface area contributed by atoms with Gasteiger partial charge in [-0.3, -0.25) is 9.36 Å². The molecule has 1 aliphatic heterocycles. The van der Waals surface area contributed by atoms with Gasteiger partial charge in [0.2, 0.25) is 0 Å². The Labute approximate surface area is 213 Å². The standard InChI is InChI=1S/C27H17Cl2FN2O2S/c28-17-11-16(25(33)21(29)13-17)12-22-26(34)32-24(15-5-8-18(30)9-6-15)20-10-7-14-3-1-2-4-19(14)23(20)31-27(32)35-22/h1-6,8-9,11-13,24,33H,7,10H2/b22-12+/t24-/m1/s1. The topological polar surface area (TPSA) is 54.6 Å². The fourth-order valence-electron chi connectivity index (χ4n) is 4.80. The maximum Gasteiger partial charge on any atom is 0.271 e. The Morgan fingerprint density at radius 2 is 1.86 bits per heavy atom. The van der Waals surface area contributed by atoms with Crippen LogP contribution in [0.4, 0.5) is 4.39 Å². The van der Waals surface area contributed by atoms with E-state index in [0.29, 0.717) is 19.9 Å². The fraction of sp³-hybridized carbons (Fsp3) is 0.111. The van der Waals surface area contributed by atoms with E-state index in [-0.39, 0.29) is 22.1 Å². The zero-order valence-electron chi connectivity index (χ0n) is 18.1. The lowest BCUT2D eigenvalue weighted by molar-refractivity contribution is 0.474. The second-order valence-corrected chi connectivity index (χ2v) is 10.3. The summed E-state index contributed by atoms with van der Waals surface area (Å²) in [6.45, 7) is 0. The molecule has 0 amide bonds. The Hall–Kier alpha value is -3.19. The number of benzene rings is 3. The van der Waals surface area contributed by atoms with Crippen molar-refractivity contribution in [1.29, 1.82) is 0 Å². The van der Waals surface area contributed by atoms with E-state index in [0.717, 1.165) is 35.2 Å². The van der Waals surface area contributed by atoms with Crippen molar-refractivity contribution in [2.24, 2.45) is 4.99 Å². The molecule has 1 atom stereocenters. The van der Waals surface area contributed by atoms with E-state index in [1.807, 2.05) is 12.1 Å². The molecule has 4 nitrogen and oxygen atoms in total. The molecule has 0 fully saturated rings. The minimum absolute atomic E-state index is 0.104. The summed E-state index contributed by atoms with van der Waals surface area (Å²) >= 11 is 13.4. The van der Waals surface area contributed by atoms with Crippen LogP contribution in [0.25, 0.3) is 11.8 Å². The maximum absolute atomic E-state index is 13.8. The average molecular weight is 523 g/mol. The van der Waals surface area contributed by atoms with Crippen LogP contribution >= 0.6 is 34.5 Å². The second-order valence-electron chi connectivity index (χ2n) is 8.49. The highest BCUT2D eigenvalue weighted by molar-refractivity contribution is 7.07. The maximum atomic E-state index is 13.8. The third-order valence-electron chi connectivity index (χ3n) is 6.40. The summed E-state index contributed by atoms with van der Waals surface area (Å²) in [5.74, 6) is -0.483. The average Bonchev–Trinajstić information content (AvgIpc) is 3.16. The molecule has 1 aromatic heterocycles. The van der Waals surface area contributed by atoms with E-state index in [2.05, 4.69) is 12.1 Å². The number of aryl methyl sites for hydroxylation is 1. The summed E-state index contributed by atoms with van der Waals surface area (Å²) in [5.41, 5.74) is 5.08. The first kappa shape index (κ1) is 22.3. The van der Waals surface area contributed by atoms with E-state index in [1.54, 1.807) is 28.8 Å². The van der Waals surface area contributed by atoms with Crippen LogP contribution in [0.5, 0.6) is 5.75 Å². The van der Waals surface area contributed by atoms with Gasteiger partial charge in [0.05, 0.1) is 21.3 Å². The first-order chi connectivity index (χ1) is 16.9. The molecule has 0 radical (unpaired) electrons. The molecule has 4 aromatic rings. The van der Waals surface area contributed by atoms with E-state index >= 15 is 0 Å². The number of hydrogen-bond acceptors (Lipinski definition) is 4. The zero-order valence-corrected chi connectivity index (χ0v) is 20.5. The fourth-order valence-corrected chi connectivity index (χ4v) is 6.31. The SMILES string of the molecule is O=c1/c(=C\c2cc(Cl)cc(Cl)c2O)sc2n1[C@H](c1ccc(F)cc1)C1=C(N=2)c2ccccc2CC1. The highest BCUT2D eigenvalue weighted by atomic mass is 35.5. The van der Waals surface area contributed by atoms with Crippen molar-refractivity contribution in [3.05, 3.63) is 124 Å². The number of fused-ring (bicyclic) bond motifs is 3. The molecular weight excluding hydrogens is 506 g/mol. The smallest absolute Gasteiger partial charge is 0.271 e. The summed E-state index contributed by atoms with van der Waals surface area (Å²) in [4.78, 5) is 19.2. The van der Waals surface area contributed by atoms with E-state index in [1.165, 1.54) is 35.1 Å². The molecule has 0 bridgehead atoms. The second kappa shape index (κ2) is 8.48. The van der Waals surface area contributed by atoms with Crippen LogP contribution in [0.3, 0.4) is 0 Å². The minimum Gasteiger partial charge on any atom is -0.506 e. The van der Waals surface area contributed by atoms with Gasteiger partial charge in [0.25, 0.3) is 5.56 Å². The van der Waals surface area contributed by atoms with E-state index in [4.69, 9.17) is 28.2 Å². The van der Waals surface area contributed by atoms with Crippen molar-refractivity contribution in [3.63, 3.8) is 0 Å². The summed E-state index contributed by atoms with van der Waals surface area (Å²) in [5, 5.41) is 10.9. The van der Waals surface area contributed by atoms with Crippen LogP contribution in [0.15, 0.2) is 76.0 Å². The van der Waals surface area contributed by atoms with Gasteiger partial charge in [0.1, 0.15) is 11.6 Å². The van der Waals surface area contributed by atoms with Gasteiger partial charge in [-0.2, -0.15) is 0 Å². The first-order valence-corrected chi connectivity index (χ1v) is 12.5. The molecule has 3 aromatic carbocycles. The summed E-state index contributed by atoms with van der Waals surface area (Å²) in [6.07, 6.45) is 3.16. The monoisotopic (exact) mass is 522 g/mol. The predicted molar refractivity (Wildman–Crippen MR) is 137 cm³/mol. The molecule has 6 rings (SSSR count). The predicted octanol–water partition coefficient (Wildman–Crippen LogP) is 5.47. The summed E-state index contributed by atoms with van der Waals surface area (Å²) < 4.78 is 15.8. The Bertz CT molecular complexity index is 1720. The van der Waals surface area contributed by atoms with Crippen molar-refractivity contribution in [1.82, 2.24) is 4.57 Å². The normalized spacial score (nSPS) is 17.0. The third kappa shape index (κ3) is 3.73. The van der Waals surface area contributed by atoms with Crippen LogP contribution in [-0.4, -0.2) is 9.67 Å². The number of rotatable bonds is 2. The van der Waals surface area contributed by atoms with Gasteiger partial charge in [-0.05, 0) is 59.9 Å². The highest BCUT2D eigenvalue weighted by Gasteiger charge is 2.32. The lowest BCUT2D eigenvalue weighted by Crippen LogP contribution is -2.38. The Morgan fingerprint density at radius 1 is 1.09 bits per heavy atom. The van der Waals surface area contributed by atoms with Gasteiger partial charge >= 0.3 is 0 Å². The van der Waals surface area contributed by atoms with Gasteiger partial charge in [-0.1, -0.05) is 70.9 Å². The van der Waals surface area contributed by atoms with Crippen LogP contribution in [0, 0.1) is 5.82 Å². The molecule has 0 saturated carbocycles. The molecule has 1 aliphatic carbocycles. The number of phenolic OH excluding ortho intramolecular Hbond substituents is 1. The number of thiazole rings is 1. The molecule has 0 saturated heterocycles. The van der Waals surface area contributed by atoms with Crippen molar-refractivity contribution in [2.75, 3.05) is 0 Å². The van der Waals surface area contributed by atoms with Crippen LogP contribution in [-0.2, 0) is 6.42 Å². The van der Waals surface area contributed by atoms with E-state index < -0.39 is 6.04 Å². The Balaban J connectivity index is 1.64. The molecule has 2 heterocycles.